The lowest BCUT2D eigenvalue weighted by Gasteiger charge is -2.08. The van der Waals surface area contributed by atoms with Gasteiger partial charge in [-0.15, -0.1) is 0 Å². The molecule has 106 valence electrons. The second kappa shape index (κ2) is 7.45. The minimum atomic E-state index is -0.373. The van der Waals surface area contributed by atoms with E-state index in [1.807, 2.05) is 30.7 Å². The fraction of sp³-hybridized carbons (Fsp3) is 0.333. The zero-order chi connectivity index (χ0) is 14.2. The standard InChI is InChI=1S/C15H20N4O/c16-15(20)14-6-2-1-5-13(14)11-17-7-3-4-9-19-10-8-18-12-19/h1-2,5-6,8,10,12,17H,3-4,7,9,11H2,(H2,16,20). The van der Waals surface area contributed by atoms with Gasteiger partial charge in [-0.05, 0) is 31.0 Å². The smallest absolute Gasteiger partial charge is 0.249 e. The van der Waals surface area contributed by atoms with Gasteiger partial charge in [0.1, 0.15) is 0 Å². The number of aryl methyl sites for hydroxylation is 1. The highest BCUT2D eigenvalue weighted by atomic mass is 16.1. The van der Waals surface area contributed by atoms with Crippen LogP contribution in [-0.2, 0) is 13.1 Å². The topological polar surface area (TPSA) is 72.9 Å². The third-order valence-corrected chi connectivity index (χ3v) is 3.18. The molecule has 20 heavy (non-hydrogen) atoms. The maximum atomic E-state index is 11.3. The van der Waals surface area contributed by atoms with E-state index in [9.17, 15) is 4.79 Å². The van der Waals surface area contributed by atoms with Gasteiger partial charge >= 0.3 is 0 Å². The Morgan fingerprint density at radius 2 is 2.15 bits per heavy atom. The molecule has 1 aromatic carbocycles. The van der Waals surface area contributed by atoms with Crippen LogP contribution in [0.4, 0.5) is 0 Å². The molecule has 0 aliphatic heterocycles. The zero-order valence-electron chi connectivity index (χ0n) is 11.5. The summed E-state index contributed by atoms with van der Waals surface area (Å²) < 4.78 is 2.07. The van der Waals surface area contributed by atoms with Gasteiger partial charge in [0.2, 0.25) is 5.91 Å². The number of unbranched alkanes of at least 4 members (excludes halogenated alkanes) is 1. The molecule has 0 bridgehead atoms. The maximum Gasteiger partial charge on any atom is 0.249 e. The molecule has 1 amide bonds. The fourth-order valence-corrected chi connectivity index (χ4v) is 2.10. The molecule has 0 unspecified atom stereocenters. The summed E-state index contributed by atoms with van der Waals surface area (Å²) in [5.74, 6) is -0.373. The number of hydrogen-bond donors (Lipinski definition) is 2. The lowest BCUT2D eigenvalue weighted by atomic mass is 10.1. The molecule has 0 fully saturated rings. The molecule has 2 aromatic rings. The van der Waals surface area contributed by atoms with Gasteiger partial charge in [-0.25, -0.2) is 4.98 Å². The van der Waals surface area contributed by atoms with Gasteiger partial charge in [0.15, 0.2) is 0 Å². The van der Waals surface area contributed by atoms with Gasteiger partial charge in [-0.2, -0.15) is 0 Å². The van der Waals surface area contributed by atoms with E-state index in [2.05, 4.69) is 14.9 Å². The van der Waals surface area contributed by atoms with Gasteiger partial charge in [-0.3, -0.25) is 4.79 Å². The van der Waals surface area contributed by atoms with Crippen molar-refractivity contribution in [3.05, 3.63) is 54.1 Å². The number of primary amides is 1. The largest absolute Gasteiger partial charge is 0.366 e. The van der Waals surface area contributed by atoms with Crippen LogP contribution < -0.4 is 11.1 Å². The normalized spacial score (nSPS) is 10.6. The Morgan fingerprint density at radius 1 is 1.30 bits per heavy atom. The molecular weight excluding hydrogens is 252 g/mol. The van der Waals surface area contributed by atoms with Crippen LogP contribution >= 0.6 is 0 Å². The molecule has 3 N–H and O–H groups in total. The molecule has 1 aromatic heterocycles. The van der Waals surface area contributed by atoms with E-state index in [0.717, 1.165) is 31.5 Å². The van der Waals surface area contributed by atoms with Crippen LogP contribution in [0.25, 0.3) is 0 Å². The Bertz CT molecular complexity index is 537. The third kappa shape index (κ3) is 4.20. The monoisotopic (exact) mass is 272 g/mol. The summed E-state index contributed by atoms with van der Waals surface area (Å²) >= 11 is 0. The van der Waals surface area contributed by atoms with Crippen molar-refractivity contribution in [3.8, 4) is 0 Å². The van der Waals surface area contributed by atoms with Crippen LogP contribution in [-0.4, -0.2) is 22.0 Å². The number of amides is 1. The molecule has 0 atom stereocenters. The molecule has 0 aliphatic carbocycles. The van der Waals surface area contributed by atoms with Crippen LogP contribution in [0.2, 0.25) is 0 Å². The second-order valence-electron chi connectivity index (χ2n) is 4.71. The van der Waals surface area contributed by atoms with Gasteiger partial charge in [0.05, 0.1) is 6.33 Å². The predicted octanol–water partition coefficient (Wildman–Crippen LogP) is 1.55. The van der Waals surface area contributed by atoms with Crippen molar-refractivity contribution < 1.29 is 4.79 Å². The minimum Gasteiger partial charge on any atom is -0.366 e. The van der Waals surface area contributed by atoms with Crippen molar-refractivity contribution in [3.63, 3.8) is 0 Å². The van der Waals surface area contributed by atoms with E-state index in [0.29, 0.717) is 12.1 Å². The first-order chi connectivity index (χ1) is 9.77. The Kier molecular flexibility index (Phi) is 5.32. The van der Waals surface area contributed by atoms with Crippen LogP contribution in [0.15, 0.2) is 43.0 Å². The number of nitrogens with one attached hydrogen (secondary N) is 1. The van der Waals surface area contributed by atoms with Crippen LogP contribution in [0.3, 0.4) is 0 Å². The highest BCUT2D eigenvalue weighted by molar-refractivity contribution is 5.94. The van der Waals surface area contributed by atoms with Crippen LogP contribution in [0.5, 0.6) is 0 Å². The Hall–Kier alpha value is -2.14. The first kappa shape index (κ1) is 14.3. The predicted molar refractivity (Wildman–Crippen MR) is 78.1 cm³/mol. The Morgan fingerprint density at radius 3 is 2.90 bits per heavy atom. The number of benzene rings is 1. The third-order valence-electron chi connectivity index (χ3n) is 3.18. The quantitative estimate of drug-likeness (QED) is 0.716. The summed E-state index contributed by atoms with van der Waals surface area (Å²) in [7, 11) is 0. The number of hydrogen-bond acceptors (Lipinski definition) is 3. The average molecular weight is 272 g/mol. The summed E-state index contributed by atoms with van der Waals surface area (Å²) in [6.45, 7) is 2.57. The Labute approximate surface area is 118 Å². The van der Waals surface area contributed by atoms with E-state index in [-0.39, 0.29) is 5.91 Å². The van der Waals surface area contributed by atoms with E-state index >= 15 is 0 Å². The van der Waals surface area contributed by atoms with E-state index in [4.69, 9.17) is 5.73 Å². The molecule has 2 rings (SSSR count). The van der Waals surface area contributed by atoms with Crippen molar-refractivity contribution in [2.24, 2.45) is 5.73 Å². The molecule has 1 heterocycles. The van der Waals surface area contributed by atoms with Crippen molar-refractivity contribution in [2.45, 2.75) is 25.9 Å². The Balaban J connectivity index is 1.67. The average Bonchev–Trinajstić information content (AvgIpc) is 2.96. The number of imidazole rings is 1. The molecule has 5 nitrogen and oxygen atoms in total. The lowest BCUT2D eigenvalue weighted by Crippen LogP contribution is -2.20. The van der Waals surface area contributed by atoms with Gasteiger partial charge in [0.25, 0.3) is 0 Å². The van der Waals surface area contributed by atoms with E-state index in [1.165, 1.54) is 0 Å². The highest BCUT2D eigenvalue weighted by Crippen LogP contribution is 2.07. The summed E-state index contributed by atoms with van der Waals surface area (Å²) in [5, 5.41) is 3.34. The fourth-order valence-electron chi connectivity index (χ4n) is 2.10. The first-order valence-electron chi connectivity index (χ1n) is 6.81. The van der Waals surface area contributed by atoms with Gasteiger partial charge in [-0.1, -0.05) is 18.2 Å². The van der Waals surface area contributed by atoms with E-state index in [1.54, 1.807) is 12.3 Å². The summed E-state index contributed by atoms with van der Waals surface area (Å²) in [5.41, 5.74) is 6.89. The minimum absolute atomic E-state index is 0.373. The molecular formula is C15H20N4O. The van der Waals surface area contributed by atoms with Gasteiger partial charge < -0.3 is 15.6 Å². The number of nitrogens with zero attached hydrogens (tertiary/aromatic N) is 2. The lowest BCUT2D eigenvalue weighted by molar-refractivity contribution is 0.0999. The molecule has 0 saturated carbocycles. The number of nitrogens with two attached hydrogens (primary N) is 1. The molecule has 0 aliphatic rings. The summed E-state index contributed by atoms with van der Waals surface area (Å²) in [6.07, 6.45) is 7.77. The molecule has 5 heteroatoms. The second-order valence-corrected chi connectivity index (χ2v) is 4.71. The van der Waals surface area contributed by atoms with Crippen LogP contribution in [0, 0.1) is 0 Å². The SMILES string of the molecule is NC(=O)c1ccccc1CNCCCCn1ccnc1. The first-order valence-corrected chi connectivity index (χ1v) is 6.81. The van der Waals surface area contributed by atoms with Crippen molar-refractivity contribution in [1.29, 1.82) is 0 Å². The van der Waals surface area contributed by atoms with Crippen LogP contribution in [0.1, 0.15) is 28.8 Å². The maximum absolute atomic E-state index is 11.3. The summed E-state index contributed by atoms with van der Waals surface area (Å²) in [4.78, 5) is 15.3. The summed E-state index contributed by atoms with van der Waals surface area (Å²) in [6, 6.07) is 7.44. The highest BCUT2D eigenvalue weighted by Gasteiger charge is 2.05. The van der Waals surface area contributed by atoms with Gasteiger partial charge in [0, 0.05) is 31.0 Å². The van der Waals surface area contributed by atoms with Crippen molar-refractivity contribution in [2.75, 3.05) is 6.54 Å². The van der Waals surface area contributed by atoms with Crippen molar-refractivity contribution >= 4 is 5.91 Å². The number of carbonyl (C=O) groups is 1. The number of rotatable bonds is 8. The number of aromatic nitrogens is 2. The zero-order valence-corrected chi connectivity index (χ0v) is 11.5. The van der Waals surface area contributed by atoms with Crippen molar-refractivity contribution in [1.82, 2.24) is 14.9 Å². The van der Waals surface area contributed by atoms with E-state index < -0.39 is 0 Å². The number of carbonyl (C=O) groups excluding carboxylic acids is 1. The molecule has 0 saturated heterocycles. The molecule has 0 radical (unpaired) electrons. The molecule has 0 spiro atoms.